The number of halogens is 2. The first-order valence-corrected chi connectivity index (χ1v) is 6.69. The molecular formula is C10H13F2NO2S. The van der Waals surface area contributed by atoms with E-state index in [4.69, 9.17) is 0 Å². The second-order valence-corrected chi connectivity index (χ2v) is 5.78. The zero-order valence-electron chi connectivity index (χ0n) is 9.00. The molecule has 16 heavy (non-hydrogen) atoms. The zero-order valence-corrected chi connectivity index (χ0v) is 9.81. The average molecular weight is 249 g/mol. The predicted octanol–water partition coefficient (Wildman–Crippen LogP) is 1.27. The van der Waals surface area contributed by atoms with E-state index in [0.29, 0.717) is 0 Å². The van der Waals surface area contributed by atoms with Gasteiger partial charge in [0.1, 0.15) is 21.5 Å². The Morgan fingerprint density at radius 3 is 2.50 bits per heavy atom. The van der Waals surface area contributed by atoms with Crippen molar-refractivity contribution in [1.29, 1.82) is 0 Å². The maximum atomic E-state index is 13.4. The van der Waals surface area contributed by atoms with Crippen molar-refractivity contribution < 1.29 is 17.2 Å². The van der Waals surface area contributed by atoms with E-state index in [-0.39, 0.29) is 11.3 Å². The number of nitrogens with one attached hydrogen (secondary N) is 1. The van der Waals surface area contributed by atoms with Crippen LogP contribution in [0.15, 0.2) is 18.2 Å². The van der Waals surface area contributed by atoms with Crippen LogP contribution in [0.3, 0.4) is 0 Å². The van der Waals surface area contributed by atoms with E-state index in [1.807, 2.05) is 0 Å². The zero-order chi connectivity index (χ0) is 12.3. The summed E-state index contributed by atoms with van der Waals surface area (Å²) in [6.45, 7) is 0. The fourth-order valence-electron chi connectivity index (χ4n) is 1.41. The summed E-state index contributed by atoms with van der Waals surface area (Å²) in [6.07, 6.45) is 1.05. The van der Waals surface area contributed by atoms with Gasteiger partial charge in [-0.25, -0.2) is 17.2 Å². The molecule has 0 saturated heterocycles. The van der Waals surface area contributed by atoms with Crippen molar-refractivity contribution in [2.75, 3.05) is 19.1 Å². The second kappa shape index (κ2) is 4.88. The minimum Gasteiger partial charge on any atom is -0.312 e. The summed E-state index contributed by atoms with van der Waals surface area (Å²) in [5.41, 5.74) is 0.0212. The molecule has 0 spiro atoms. The Hall–Kier alpha value is -1.01. The molecule has 0 aliphatic heterocycles. The van der Waals surface area contributed by atoms with Gasteiger partial charge in [0.2, 0.25) is 0 Å². The molecule has 0 amide bonds. The van der Waals surface area contributed by atoms with Crippen LogP contribution in [0.4, 0.5) is 8.78 Å². The highest BCUT2D eigenvalue weighted by molar-refractivity contribution is 7.90. The van der Waals surface area contributed by atoms with Crippen LogP contribution in [0.25, 0.3) is 0 Å². The lowest BCUT2D eigenvalue weighted by Gasteiger charge is -2.16. The molecule has 0 fully saturated rings. The van der Waals surface area contributed by atoms with Crippen LogP contribution in [-0.4, -0.2) is 27.5 Å². The van der Waals surface area contributed by atoms with Gasteiger partial charge in [-0.1, -0.05) is 0 Å². The van der Waals surface area contributed by atoms with Crippen LogP contribution in [0.5, 0.6) is 0 Å². The molecule has 0 aliphatic carbocycles. The topological polar surface area (TPSA) is 46.2 Å². The van der Waals surface area contributed by atoms with Gasteiger partial charge in [0, 0.05) is 17.9 Å². The van der Waals surface area contributed by atoms with E-state index < -0.39 is 27.5 Å². The van der Waals surface area contributed by atoms with Crippen molar-refractivity contribution in [2.24, 2.45) is 0 Å². The first kappa shape index (κ1) is 13.1. The predicted molar refractivity (Wildman–Crippen MR) is 57.9 cm³/mol. The van der Waals surface area contributed by atoms with Gasteiger partial charge in [-0.3, -0.25) is 0 Å². The molecule has 3 nitrogen and oxygen atoms in total. The molecule has 1 unspecified atom stereocenters. The van der Waals surface area contributed by atoms with Crippen LogP contribution in [0, 0.1) is 11.6 Å². The molecule has 0 radical (unpaired) electrons. The molecule has 1 atom stereocenters. The number of sulfone groups is 1. The van der Waals surface area contributed by atoms with Gasteiger partial charge in [-0.15, -0.1) is 0 Å². The Bertz CT molecular complexity index is 474. The van der Waals surface area contributed by atoms with Crippen molar-refractivity contribution in [3.8, 4) is 0 Å². The minimum absolute atomic E-state index is 0.0212. The third-order valence-electron chi connectivity index (χ3n) is 2.15. The number of hydrogen-bond donors (Lipinski definition) is 1. The second-order valence-electron chi connectivity index (χ2n) is 3.60. The Morgan fingerprint density at radius 1 is 1.38 bits per heavy atom. The van der Waals surface area contributed by atoms with Gasteiger partial charge in [-0.05, 0) is 25.2 Å². The quantitative estimate of drug-likeness (QED) is 0.874. The summed E-state index contributed by atoms with van der Waals surface area (Å²) in [5.74, 6) is -1.49. The Balaban J connectivity index is 3.08. The summed E-state index contributed by atoms with van der Waals surface area (Å²) in [4.78, 5) is 0. The molecule has 0 bridgehead atoms. The molecule has 90 valence electrons. The first-order chi connectivity index (χ1) is 7.33. The van der Waals surface area contributed by atoms with Crippen molar-refractivity contribution >= 4 is 9.84 Å². The highest BCUT2D eigenvalue weighted by atomic mass is 32.2. The molecule has 0 aliphatic rings. The average Bonchev–Trinajstić information content (AvgIpc) is 2.17. The lowest BCUT2D eigenvalue weighted by molar-refractivity contribution is 0.538. The van der Waals surface area contributed by atoms with Crippen LogP contribution in [-0.2, 0) is 9.84 Å². The monoisotopic (exact) mass is 249 g/mol. The van der Waals surface area contributed by atoms with E-state index in [9.17, 15) is 17.2 Å². The van der Waals surface area contributed by atoms with Crippen LogP contribution in [0.1, 0.15) is 11.6 Å². The minimum atomic E-state index is -3.26. The highest BCUT2D eigenvalue weighted by Gasteiger charge is 2.19. The molecule has 0 saturated carbocycles. The number of benzene rings is 1. The van der Waals surface area contributed by atoms with Crippen molar-refractivity contribution in [1.82, 2.24) is 5.32 Å². The van der Waals surface area contributed by atoms with Crippen molar-refractivity contribution in [2.45, 2.75) is 6.04 Å². The van der Waals surface area contributed by atoms with Crippen LogP contribution >= 0.6 is 0 Å². The van der Waals surface area contributed by atoms with Gasteiger partial charge >= 0.3 is 0 Å². The summed E-state index contributed by atoms with van der Waals surface area (Å²) < 4.78 is 48.5. The normalized spacial score (nSPS) is 13.8. The van der Waals surface area contributed by atoms with Crippen LogP contribution in [0.2, 0.25) is 0 Å². The molecule has 0 aromatic heterocycles. The Kier molecular flexibility index (Phi) is 3.98. The largest absolute Gasteiger partial charge is 0.312 e. The van der Waals surface area contributed by atoms with Gasteiger partial charge in [0.05, 0.1) is 5.75 Å². The lowest BCUT2D eigenvalue weighted by Crippen LogP contribution is -2.25. The highest BCUT2D eigenvalue weighted by Crippen LogP contribution is 2.19. The molecule has 1 aromatic rings. The third-order valence-corrected chi connectivity index (χ3v) is 3.09. The molecule has 1 aromatic carbocycles. The standard InChI is InChI=1S/C10H13F2NO2S/c1-13-10(6-16(2,14)15)8-5-7(11)3-4-9(8)12/h3-5,10,13H,6H2,1-2H3. The Labute approximate surface area is 93.4 Å². The van der Waals surface area contributed by atoms with Gasteiger partial charge < -0.3 is 5.32 Å². The van der Waals surface area contributed by atoms with Gasteiger partial charge in [0.15, 0.2) is 0 Å². The summed E-state index contributed by atoms with van der Waals surface area (Å²) >= 11 is 0. The van der Waals surface area contributed by atoms with E-state index in [2.05, 4.69) is 5.32 Å². The van der Waals surface area contributed by atoms with Crippen molar-refractivity contribution in [3.63, 3.8) is 0 Å². The van der Waals surface area contributed by atoms with E-state index in [1.165, 1.54) is 7.05 Å². The van der Waals surface area contributed by atoms with Gasteiger partial charge in [-0.2, -0.15) is 0 Å². The SMILES string of the molecule is CNC(CS(C)(=O)=O)c1cc(F)ccc1F. The van der Waals surface area contributed by atoms with Crippen LogP contribution < -0.4 is 5.32 Å². The maximum Gasteiger partial charge on any atom is 0.149 e. The fourth-order valence-corrected chi connectivity index (χ4v) is 2.36. The summed E-state index contributed by atoms with van der Waals surface area (Å²) in [6, 6.07) is 2.23. The fraction of sp³-hybridized carbons (Fsp3) is 0.400. The summed E-state index contributed by atoms with van der Waals surface area (Å²) in [7, 11) is -1.76. The van der Waals surface area contributed by atoms with E-state index in [1.54, 1.807) is 0 Å². The molecule has 0 heterocycles. The van der Waals surface area contributed by atoms with E-state index >= 15 is 0 Å². The number of hydrogen-bond acceptors (Lipinski definition) is 3. The van der Waals surface area contributed by atoms with Gasteiger partial charge in [0.25, 0.3) is 0 Å². The molecule has 1 rings (SSSR count). The smallest absolute Gasteiger partial charge is 0.149 e. The molecule has 1 N–H and O–H groups in total. The first-order valence-electron chi connectivity index (χ1n) is 4.63. The maximum absolute atomic E-state index is 13.4. The van der Waals surface area contributed by atoms with E-state index in [0.717, 1.165) is 24.5 Å². The van der Waals surface area contributed by atoms with Crippen molar-refractivity contribution in [3.05, 3.63) is 35.4 Å². The molecule has 6 heteroatoms. The third kappa shape index (κ3) is 3.53. The Morgan fingerprint density at radius 2 is 2.00 bits per heavy atom. The lowest BCUT2D eigenvalue weighted by atomic mass is 10.1. The molecular weight excluding hydrogens is 236 g/mol. The number of rotatable bonds is 4. The summed E-state index contributed by atoms with van der Waals surface area (Å²) in [5, 5.41) is 2.66.